The number of rotatable bonds is 9. The third-order valence-electron chi connectivity index (χ3n) is 3.21. The smallest absolute Gasteiger partial charge is 0.0588 e. The number of thiol groups is 2. The molecule has 0 spiro atoms. The molecule has 6 heteroatoms. The van der Waals surface area contributed by atoms with Gasteiger partial charge >= 0.3 is 0 Å². The van der Waals surface area contributed by atoms with E-state index in [9.17, 15) is 0 Å². The predicted molar refractivity (Wildman–Crippen MR) is 110 cm³/mol. The Morgan fingerprint density at radius 2 is 1.20 bits per heavy atom. The molecule has 0 aliphatic carbocycles. The average molecular weight is 383 g/mol. The van der Waals surface area contributed by atoms with Crippen LogP contribution in [0.5, 0.6) is 0 Å². The van der Waals surface area contributed by atoms with Gasteiger partial charge in [0, 0.05) is 21.3 Å². The maximum absolute atomic E-state index is 4.33. The molecular weight excluding hydrogens is 361 g/mol. The van der Waals surface area contributed by atoms with Crippen LogP contribution in [0, 0.1) is 0 Å². The molecule has 0 aromatic rings. The minimum atomic E-state index is 0.764. The van der Waals surface area contributed by atoms with Crippen LogP contribution in [-0.4, -0.2) is 20.7 Å². The van der Waals surface area contributed by atoms with E-state index in [1.54, 1.807) is 0 Å². The summed E-state index contributed by atoms with van der Waals surface area (Å²) in [7, 11) is 0. The highest BCUT2D eigenvalue weighted by molar-refractivity contribution is 8.23. The molecule has 2 atom stereocenters. The van der Waals surface area contributed by atoms with Gasteiger partial charge in [-0.2, -0.15) is 25.3 Å². The predicted octanol–water partition coefficient (Wildman–Crippen LogP) is 6.48. The molecule has 0 nitrogen and oxygen atoms in total. The molecule has 0 saturated heterocycles. The molecule has 114 valence electrons. The molecule has 0 aromatic carbocycles. The third-order valence-corrected chi connectivity index (χ3v) is 9.91. The van der Waals surface area contributed by atoms with Gasteiger partial charge in [-0.3, -0.25) is 0 Å². The Kier molecular flexibility index (Phi) is 9.30. The van der Waals surface area contributed by atoms with Gasteiger partial charge in [-0.05, 0) is 23.7 Å². The normalized spacial score (nSPS) is 25.9. The summed E-state index contributed by atoms with van der Waals surface area (Å²) >= 11 is 16.7. The molecule has 0 bridgehead atoms. The number of hydrogen-bond acceptors (Lipinski definition) is 6. The van der Waals surface area contributed by atoms with Crippen molar-refractivity contribution in [2.45, 2.75) is 47.7 Å². The summed E-state index contributed by atoms with van der Waals surface area (Å²) in [5, 5.41) is 4.59. The zero-order chi connectivity index (χ0) is 14.2. The van der Waals surface area contributed by atoms with E-state index in [1.165, 1.54) is 48.3 Å². The molecule has 2 heterocycles. The van der Waals surface area contributed by atoms with Crippen LogP contribution in [0.2, 0.25) is 0 Å². The first-order valence-electron chi connectivity index (χ1n) is 7.06. The summed E-state index contributed by atoms with van der Waals surface area (Å²) in [6.45, 7) is 0. The van der Waals surface area contributed by atoms with Gasteiger partial charge in [-0.15, -0.1) is 47.0 Å². The summed E-state index contributed by atoms with van der Waals surface area (Å²) in [6, 6.07) is 0. The van der Waals surface area contributed by atoms with Gasteiger partial charge in [0.1, 0.15) is 0 Å². The first-order valence-corrected chi connectivity index (χ1v) is 12.0. The Balaban J connectivity index is 1.41. The standard InChI is InChI=1S/C14H22S6/c15-7-11-9-17-13(19-11)5-3-1-2-4-6-14-18-10-12(8-16)20-14/h9-10,13-16H,1-8H2. The summed E-state index contributed by atoms with van der Waals surface area (Å²) in [4.78, 5) is 2.90. The minimum Gasteiger partial charge on any atom is -0.174 e. The minimum absolute atomic E-state index is 0.764. The second kappa shape index (κ2) is 10.4. The maximum atomic E-state index is 4.33. The van der Waals surface area contributed by atoms with Crippen LogP contribution in [-0.2, 0) is 0 Å². The van der Waals surface area contributed by atoms with Crippen LogP contribution in [0.4, 0.5) is 0 Å². The maximum Gasteiger partial charge on any atom is 0.0588 e. The van der Waals surface area contributed by atoms with E-state index < -0.39 is 0 Å². The van der Waals surface area contributed by atoms with Crippen LogP contribution in [0.1, 0.15) is 38.5 Å². The van der Waals surface area contributed by atoms with Crippen molar-refractivity contribution < 1.29 is 0 Å². The van der Waals surface area contributed by atoms with Gasteiger partial charge in [0.15, 0.2) is 0 Å². The van der Waals surface area contributed by atoms with Gasteiger partial charge in [-0.1, -0.05) is 25.7 Å². The van der Waals surface area contributed by atoms with E-state index in [0.717, 1.165) is 20.7 Å². The first kappa shape index (κ1) is 17.9. The fourth-order valence-corrected chi connectivity index (χ4v) is 8.08. The molecule has 0 radical (unpaired) electrons. The fraction of sp³-hybridized carbons (Fsp3) is 0.714. The van der Waals surface area contributed by atoms with E-state index >= 15 is 0 Å². The monoisotopic (exact) mass is 382 g/mol. The Morgan fingerprint density at radius 3 is 1.55 bits per heavy atom. The summed E-state index contributed by atoms with van der Waals surface area (Å²) in [5.41, 5.74) is 0. The SMILES string of the molecule is SCC1=CSC(CCCCCCC2SC=C(CS)S2)S1. The number of hydrogen-bond donors (Lipinski definition) is 2. The van der Waals surface area contributed by atoms with Gasteiger partial charge in [0.25, 0.3) is 0 Å². The molecule has 2 aliphatic heterocycles. The molecular formula is C14H22S6. The van der Waals surface area contributed by atoms with E-state index in [0.29, 0.717) is 0 Å². The first-order chi connectivity index (χ1) is 9.81. The quantitative estimate of drug-likeness (QED) is 0.346. The van der Waals surface area contributed by atoms with Gasteiger partial charge in [-0.25, -0.2) is 0 Å². The molecule has 20 heavy (non-hydrogen) atoms. The Labute approximate surface area is 151 Å². The molecule has 0 amide bonds. The van der Waals surface area contributed by atoms with E-state index in [-0.39, 0.29) is 0 Å². The lowest BCUT2D eigenvalue weighted by atomic mass is 10.1. The summed E-state index contributed by atoms with van der Waals surface area (Å²) in [6.07, 6.45) is 8.24. The lowest BCUT2D eigenvalue weighted by molar-refractivity contribution is 0.621. The van der Waals surface area contributed by atoms with Crippen molar-refractivity contribution >= 4 is 72.3 Å². The van der Waals surface area contributed by atoms with Crippen molar-refractivity contribution in [3.8, 4) is 0 Å². The van der Waals surface area contributed by atoms with Crippen LogP contribution in [0.15, 0.2) is 20.6 Å². The van der Waals surface area contributed by atoms with Crippen LogP contribution < -0.4 is 0 Å². The highest BCUT2D eigenvalue weighted by atomic mass is 32.2. The van der Waals surface area contributed by atoms with Crippen molar-refractivity contribution in [1.82, 2.24) is 0 Å². The van der Waals surface area contributed by atoms with Crippen molar-refractivity contribution in [2.24, 2.45) is 0 Å². The second-order valence-electron chi connectivity index (χ2n) is 4.84. The molecule has 0 fully saturated rings. The topological polar surface area (TPSA) is 0 Å². The second-order valence-corrected chi connectivity index (χ2v) is 10.9. The largest absolute Gasteiger partial charge is 0.174 e. The molecule has 2 unspecified atom stereocenters. The van der Waals surface area contributed by atoms with Gasteiger partial charge < -0.3 is 0 Å². The summed E-state index contributed by atoms with van der Waals surface area (Å²) < 4.78 is 1.53. The lowest BCUT2D eigenvalue weighted by Gasteiger charge is -2.10. The molecule has 2 aliphatic rings. The molecule has 0 saturated carbocycles. The van der Waals surface area contributed by atoms with Gasteiger partial charge in [0.05, 0.1) is 9.16 Å². The van der Waals surface area contributed by atoms with Crippen molar-refractivity contribution in [1.29, 1.82) is 0 Å². The van der Waals surface area contributed by atoms with E-state index in [2.05, 4.69) is 36.1 Å². The van der Waals surface area contributed by atoms with E-state index in [4.69, 9.17) is 0 Å². The van der Waals surface area contributed by atoms with Crippen molar-refractivity contribution in [3.63, 3.8) is 0 Å². The Hall–Kier alpha value is 1.58. The summed E-state index contributed by atoms with van der Waals surface area (Å²) in [5.74, 6) is 1.82. The molecule has 0 aromatic heterocycles. The van der Waals surface area contributed by atoms with E-state index in [1.807, 2.05) is 47.0 Å². The van der Waals surface area contributed by atoms with Crippen LogP contribution in [0.25, 0.3) is 0 Å². The highest BCUT2D eigenvalue weighted by Crippen LogP contribution is 2.44. The zero-order valence-electron chi connectivity index (χ0n) is 11.5. The van der Waals surface area contributed by atoms with Crippen molar-refractivity contribution in [3.05, 3.63) is 20.6 Å². The number of unbranched alkanes of at least 4 members (excludes halogenated alkanes) is 3. The lowest BCUT2D eigenvalue weighted by Crippen LogP contribution is -1.94. The Morgan fingerprint density at radius 1 is 0.750 bits per heavy atom. The van der Waals surface area contributed by atoms with Crippen molar-refractivity contribution in [2.75, 3.05) is 11.5 Å². The van der Waals surface area contributed by atoms with Crippen LogP contribution >= 0.6 is 72.3 Å². The number of thioether (sulfide) groups is 4. The third kappa shape index (κ3) is 6.37. The van der Waals surface area contributed by atoms with Crippen LogP contribution in [0.3, 0.4) is 0 Å². The highest BCUT2D eigenvalue weighted by Gasteiger charge is 2.18. The fourth-order valence-electron chi connectivity index (χ4n) is 2.13. The Bertz CT molecular complexity index is 318. The molecule has 2 rings (SSSR count). The molecule has 0 N–H and O–H groups in total. The average Bonchev–Trinajstić information content (AvgIpc) is 3.11. The van der Waals surface area contributed by atoms with Gasteiger partial charge in [0.2, 0.25) is 0 Å². The zero-order valence-corrected chi connectivity index (χ0v) is 16.5.